The monoisotopic (exact) mass is 365 g/mol. The number of H-pyrrole nitrogens is 1. The molecule has 1 aliphatic heterocycles. The SMILES string of the molecule is CC(C)N1CCc2cc(CNC(=O)c3ccc4c(c3)[nH]c(=O)n4C)cnc21. The lowest BCUT2D eigenvalue weighted by Gasteiger charge is -2.22. The molecule has 0 spiro atoms. The maximum Gasteiger partial charge on any atom is 0.326 e. The lowest BCUT2D eigenvalue weighted by Crippen LogP contribution is -2.29. The molecule has 2 N–H and O–H groups in total. The number of carbonyl (C=O) groups is 1. The number of carbonyl (C=O) groups excluding carboxylic acids is 1. The summed E-state index contributed by atoms with van der Waals surface area (Å²) in [6, 6.07) is 7.77. The summed E-state index contributed by atoms with van der Waals surface area (Å²) in [7, 11) is 1.70. The molecule has 0 saturated carbocycles. The van der Waals surface area contributed by atoms with E-state index in [2.05, 4.69) is 40.1 Å². The zero-order valence-corrected chi connectivity index (χ0v) is 15.7. The van der Waals surface area contributed by atoms with Crippen LogP contribution in [0, 0.1) is 0 Å². The van der Waals surface area contributed by atoms with Crippen molar-refractivity contribution in [2.24, 2.45) is 7.05 Å². The van der Waals surface area contributed by atoms with Crippen molar-refractivity contribution in [2.75, 3.05) is 11.4 Å². The third-order valence-corrected chi connectivity index (χ3v) is 5.14. The Morgan fingerprint density at radius 1 is 1.33 bits per heavy atom. The van der Waals surface area contributed by atoms with Crippen LogP contribution in [-0.2, 0) is 20.0 Å². The van der Waals surface area contributed by atoms with Crippen molar-refractivity contribution in [3.8, 4) is 0 Å². The van der Waals surface area contributed by atoms with Crippen LogP contribution in [0.25, 0.3) is 11.0 Å². The number of amides is 1. The number of aryl methyl sites for hydroxylation is 1. The first-order chi connectivity index (χ1) is 12.9. The number of hydrogen-bond acceptors (Lipinski definition) is 4. The fraction of sp³-hybridized carbons (Fsp3) is 0.350. The van der Waals surface area contributed by atoms with Crippen molar-refractivity contribution in [1.82, 2.24) is 19.9 Å². The van der Waals surface area contributed by atoms with Crippen molar-refractivity contribution >= 4 is 22.8 Å². The maximum absolute atomic E-state index is 12.5. The van der Waals surface area contributed by atoms with Crippen LogP contribution in [0.2, 0.25) is 0 Å². The molecule has 0 unspecified atom stereocenters. The van der Waals surface area contributed by atoms with Gasteiger partial charge in [-0.2, -0.15) is 0 Å². The Bertz CT molecular complexity index is 1080. The van der Waals surface area contributed by atoms with Gasteiger partial charge in [-0.05, 0) is 55.7 Å². The highest BCUT2D eigenvalue weighted by Crippen LogP contribution is 2.27. The van der Waals surface area contributed by atoms with Gasteiger partial charge in [0.15, 0.2) is 0 Å². The molecule has 1 aromatic carbocycles. The van der Waals surface area contributed by atoms with Crippen LogP contribution in [0.3, 0.4) is 0 Å². The van der Waals surface area contributed by atoms with Gasteiger partial charge in [0.1, 0.15) is 5.82 Å². The molecule has 140 valence electrons. The maximum atomic E-state index is 12.5. The van der Waals surface area contributed by atoms with E-state index in [1.807, 2.05) is 6.20 Å². The predicted octanol–water partition coefficient (Wildman–Crippen LogP) is 1.96. The third kappa shape index (κ3) is 3.09. The molecule has 0 fully saturated rings. The summed E-state index contributed by atoms with van der Waals surface area (Å²) in [4.78, 5) is 33.8. The number of nitrogens with one attached hydrogen (secondary N) is 2. The lowest BCUT2D eigenvalue weighted by molar-refractivity contribution is 0.0951. The van der Waals surface area contributed by atoms with Gasteiger partial charge in [0.05, 0.1) is 11.0 Å². The van der Waals surface area contributed by atoms with Crippen molar-refractivity contribution in [3.05, 3.63) is 57.6 Å². The third-order valence-electron chi connectivity index (χ3n) is 5.14. The fourth-order valence-corrected chi connectivity index (χ4v) is 3.60. The molecule has 27 heavy (non-hydrogen) atoms. The van der Waals surface area contributed by atoms with Crippen LogP contribution in [0.15, 0.2) is 35.3 Å². The molecule has 3 aromatic rings. The number of rotatable bonds is 4. The smallest absolute Gasteiger partial charge is 0.326 e. The summed E-state index contributed by atoms with van der Waals surface area (Å²) < 4.78 is 1.52. The molecule has 3 heterocycles. The van der Waals surface area contributed by atoms with E-state index in [0.717, 1.165) is 29.9 Å². The van der Waals surface area contributed by atoms with Crippen molar-refractivity contribution in [3.63, 3.8) is 0 Å². The molecule has 0 aliphatic carbocycles. The summed E-state index contributed by atoms with van der Waals surface area (Å²) in [5, 5.41) is 2.94. The molecule has 0 atom stereocenters. The Morgan fingerprint density at radius 3 is 2.93 bits per heavy atom. The van der Waals surface area contributed by atoms with E-state index in [9.17, 15) is 9.59 Å². The minimum Gasteiger partial charge on any atom is -0.354 e. The van der Waals surface area contributed by atoms with Crippen molar-refractivity contribution in [2.45, 2.75) is 32.9 Å². The average Bonchev–Trinajstić information content (AvgIpc) is 3.20. The number of hydrogen-bond donors (Lipinski definition) is 2. The van der Waals surface area contributed by atoms with Crippen LogP contribution in [0.4, 0.5) is 5.82 Å². The Hall–Kier alpha value is -3.09. The minimum absolute atomic E-state index is 0.175. The fourth-order valence-electron chi connectivity index (χ4n) is 3.60. The highest BCUT2D eigenvalue weighted by molar-refractivity contribution is 5.97. The predicted molar refractivity (Wildman–Crippen MR) is 105 cm³/mol. The summed E-state index contributed by atoms with van der Waals surface area (Å²) in [5.41, 5.74) is 3.98. The molecule has 0 radical (unpaired) electrons. The highest BCUT2D eigenvalue weighted by Gasteiger charge is 2.22. The average molecular weight is 365 g/mol. The number of aromatic nitrogens is 3. The zero-order valence-electron chi connectivity index (χ0n) is 15.7. The second kappa shape index (κ2) is 6.57. The second-order valence-electron chi connectivity index (χ2n) is 7.27. The van der Waals surface area contributed by atoms with E-state index in [0.29, 0.717) is 23.7 Å². The largest absolute Gasteiger partial charge is 0.354 e. The van der Waals surface area contributed by atoms with E-state index in [-0.39, 0.29) is 11.6 Å². The number of benzene rings is 1. The van der Waals surface area contributed by atoms with E-state index >= 15 is 0 Å². The first-order valence-corrected chi connectivity index (χ1v) is 9.15. The summed E-state index contributed by atoms with van der Waals surface area (Å²) in [6.45, 7) is 5.75. The molecule has 7 nitrogen and oxygen atoms in total. The number of pyridine rings is 1. The highest BCUT2D eigenvalue weighted by atomic mass is 16.2. The lowest BCUT2D eigenvalue weighted by atomic mass is 10.1. The topological polar surface area (TPSA) is 83.0 Å². The number of anilines is 1. The second-order valence-corrected chi connectivity index (χ2v) is 7.27. The molecule has 7 heteroatoms. The molecule has 1 amide bonds. The van der Waals surface area contributed by atoms with Gasteiger partial charge in [-0.25, -0.2) is 9.78 Å². The Morgan fingerprint density at radius 2 is 2.15 bits per heavy atom. The van der Waals surface area contributed by atoms with Crippen LogP contribution in [0.1, 0.15) is 35.3 Å². The van der Waals surface area contributed by atoms with Crippen LogP contribution in [-0.4, -0.2) is 33.0 Å². The minimum atomic E-state index is -0.192. The normalized spacial score (nSPS) is 13.4. The van der Waals surface area contributed by atoms with Gasteiger partial charge >= 0.3 is 5.69 Å². The van der Waals surface area contributed by atoms with E-state index in [1.165, 1.54) is 10.1 Å². The molecule has 0 saturated heterocycles. The first kappa shape index (κ1) is 17.3. The molecule has 1 aliphatic rings. The first-order valence-electron chi connectivity index (χ1n) is 9.15. The molecule has 4 rings (SSSR count). The van der Waals surface area contributed by atoms with Gasteiger partial charge in [0.25, 0.3) is 5.91 Å². The summed E-state index contributed by atoms with van der Waals surface area (Å²) >= 11 is 0. The Kier molecular flexibility index (Phi) is 4.22. The Balaban J connectivity index is 1.47. The van der Waals surface area contributed by atoms with Gasteiger partial charge in [0.2, 0.25) is 0 Å². The number of aromatic amines is 1. The number of nitrogens with zero attached hydrogens (tertiary/aromatic N) is 3. The van der Waals surface area contributed by atoms with Crippen LogP contribution in [0.5, 0.6) is 0 Å². The standard InChI is InChI=1S/C20H23N5O2/c1-12(2)25-7-6-14-8-13(10-21-18(14)25)11-22-19(26)15-4-5-17-16(9-15)23-20(27)24(17)3/h4-5,8-10,12H,6-7,11H2,1-3H3,(H,22,26)(H,23,27). The number of imidazole rings is 1. The summed E-state index contributed by atoms with van der Waals surface area (Å²) in [5.74, 6) is 0.879. The molecular formula is C20H23N5O2. The summed E-state index contributed by atoms with van der Waals surface area (Å²) in [6.07, 6.45) is 2.82. The molecule has 2 aromatic heterocycles. The van der Waals surface area contributed by atoms with Gasteiger partial charge in [-0.15, -0.1) is 0 Å². The molecular weight excluding hydrogens is 342 g/mol. The van der Waals surface area contributed by atoms with Crippen molar-refractivity contribution in [1.29, 1.82) is 0 Å². The van der Waals surface area contributed by atoms with Gasteiger partial charge in [-0.3, -0.25) is 9.36 Å². The zero-order chi connectivity index (χ0) is 19.1. The van der Waals surface area contributed by atoms with Crippen molar-refractivity contribution < 1.29 is 4.79 Å². The van der Waals surface area contributed by atoms with Gasteiger partial charge in [-0.1, -0.05) is 0 Å². The van der Waals surface area contributed by atoms with Crippen LogP contribution < -0.4 is 15.9 Å². The quantitative estimate of drug-likeness (QED) is 0.740. The van der Waals surface area contributed by atoms with Crippen LogP contribution >= 0.6 is 0 Å². The van der Waals surface area contributed by atoms with E-state index < -0.39 is 0 Å². The van der Waals surface area contributed by atoms with Gasteiger partial charge < -0.3 is 15.2 Å². The Labute approximate surface area is 157 Å². The molecule has 0 bridgehead atoms. The van der Waals surface area contributed by atoms with Gasteiger partial charge in [0, 0.05) is 37.9 Å². The van der Waals surface area contributed by atoms with E-state index in [1.54, 1.807) is 25.2 Å². The number of fused-ring (bicyclic) bond motifs is 2. The van der Waals surface area contributed by atoms with E-state index in [4.69, 9.17) is 0 Å².